The Kier molecular flexibility index (Phi) is 6.76. The third-order valence-corrected chi connectivity index (χ3v) is 3.75. The maximum atomic E-state index is 12.8. The number of nitrogens with one attached hydrogen (secondary N) is 2. The molecule has 0 unspecified atom stereocenters. The van der Waals surface area contributed by atoms with Crippen molar-refractivity contribution in [3.63, 3.8) is 0 Å². The minimum absolute atomic E-state index is 0.0125. The molecule has 0 saturated carbocycles. The summed E-state index contributed by atoms with van der Waals surface area (Å²) in [5, 5.41) is 6.76. The van der Waals surface area contributed by atoms with Crippen LogP contribution in [0.1, 0.15) is 5.56 Å². The highest BCUT2D eigenvalue weighted by molar-refractivity contribution is 9.10. The summed E-state index contributed by atoms with van der Waals surface area (Å²) in [6, 6.07) is 9.24. The lowest BCUT2D eigenvalue weighted by Gasteiger charge is -2.10. The molecule has 0 aromatic heterocycles. The van der Waals surface area contributed by atoms with E-state index in [9.17, 15) is 9.18 Å². The van der Waals surface area contributed by atoms with Crippen LogP contribution in [0.2, 0.25) is 0 Å². The molecule has 0 heterocycles. The van der Waals surface area contributed by atoms with Gasteiger partial charge in [0.1, 0.15) is 5.82 Å². The fourth-order valence-electron chi connectivity index (χ4n) is 1.98. The highest BCUT2D eigenvalue weighted by atomic mass is 79.9. The molecule has 0 saturated heterocycles. The molecule has 8 heteroatoms. The Hall–Kier alpha value is -2.61. The first-order valence-electron chi connectivity index (χ1n) is 7.26. The Morgan fingerprint density at radius 3 is 2.60 bits per heavy atom. The van der Waals surface area contributed by atoms with Crippen LogP contribution < -0.4 is 20.2 Å². The van der Waals surface area contributed by atoms with Crippen molar-refractivity contribution in [2.45, 2.75) is 0 Å². The van der Waals surface area contributed by atoms with Gasteiger partial charge in [0.2, 0.25) is 0 Å². The number of rotatable bonds is 7. The molecule has 0 spiro atoms. The van der Waals surface area contributed by atoms with Gasteiger partial charge in [-0.25, -0.2) is 9.82 Å². The summed E-state index contributed by atoms with van der Waals surface area (Å²) in [4.78, 5) is 11.7. The topological polar surface area (TPSA) is 72.0 Å². The number of halogens is 2. The van der Waals surface area contributed by atoms with Gasteiger partial charge in [0.05, 0.1) is 31.5 Å². The van der Waals surface area contributed by atoms with Gasteiger partial charge in [-0.15, -0.1) is 0 Å². The van der Waals surface area contributed by atoms with E-state index < -0.39 is 0 Å². The lowest BCUT2D eigenvalue weighted by atomic mass is 10.2. The van der Waals surface area contributed by atoms with Crippen LogP contribution in [0.25, 0.3) is 0 Å². The number of carbonyl (C=O) groups excluding carboxylic acids is 1. The molecule has 1 amide bonds. The van der Waals surface area contributed by atoms with Crippen LogP contribution in [-0.4, -0.2) is 32.9 Å². The van der Waals surface area contributed by atoms with Crippen molar-refractivity contribution >= 4 is 33.7 Å². The normalized spacial score (nSPS) is 10.6. The summed E-state index contributed by atoms with van der Waals surface area (Å²) in [6.07, 6.45) is 1.49. The summed E-state index contributed by atoms with van der Waals surface area (Å²) in [5.41, 5.74) is 3.77. The fourth-order valence-corrected chi connectivity index (χ4v) is 2.60. The first-order chi connectivity index (χ1) is 12.0. The second-order valence-corrected chi connectivity index (χ2v) is 5.75. The Morgan fingerprint density at radius 2 is 1.96 bits per heavy atom. The highest BCUT2D eigenvalue weighted by Gasteiger charge is 2.09. The molecule has 0 aliphatic heterocycles. The minimum Gasteiger partial charge on any atom is -0.493 e. The number of methoxy groups -OCH3 is 2. The lowest BCUT2D eigenvalue weighted by molar-refractivity contribution is -0.119. The number of benzene rings is 2. The van der Waals surface area contributed by atoms with Crippen molar-refractivity contribution in [2.24, 2.45) is 5.10 Å². The zero-order valence-corrected chi connectivity index (χ0v) is 15.3. The predicted octanol–water partition coefficient (Wildman–Crippen LogP) is 3.17. The molecule has 0 atom stereocenters. The van der Waals surface area contributed by atoms with E-state index in [-0.39, 0.29) is 18.3 Å². The van der Waals surface area contributed by atoms with Gasteiger partial charge in [-0.2, -0.15) is 5.10 Å². The van der Waals surface area contributed by atoms with E-state index in [0.29, 0.717) is 21.7 Å². The Morgan fingerprint density at radius 1 is 1.24 bits per heavy atom. The van der Waals surface area contributed by atoms with Gasteiger partial charge in [-0.3, -0.25) is 4.79 Å². The highest BCUT2D eigenvalue weighted by Crippen LogP contribution is 2.35. The molecule has 6 nitrogen and oxygen atoms in total. The largest absolute Gasteiger partial charge is 0.493 e. The maximum Gasteiger partial charge on any atom is 0.259 e. The van der Waals surface area contributed by atoms with Crippen molar-refractivity contribution in [2.75, 3.05) is 26.1 Å². The van der Waals surface area contributed by atoms with Crippen LogP contribution in [0.4, 0.5) is 10.1 Å². The van der Waals surface area contributed by atoms with Crippen LogP contribution in [0.15, 0.2) is 46.0 Å². The van der Waals surface area contributed by atoms with Gasteiger partial charge in [0, 0.05) is 5.69 Å². The molecule has 0 radical (unpaired) electrons. The third kappa shape index (κ3) is 5.46. The number of anilines is 1. The average Bonchev–Trinajstić information content (AvgIpc) is 2.60. The number of hydrazone groups is 1. The zero-order chi connectivity index (χ0) is 18.2. The molecule has 132 valence electrons. The molecule has 0 bridgehead atoms. The van der Waals surface area contributed by atoms with Crippen molar-refractivity contribution < 1.29 is 18.7 Å². The van der Waals surface area contributed by atoms with Gasteiger partial charge >= 0.3 is 0 Å². The van der Waals surface area contributed by atoms with Crippen molar-refractivity contribution in [1.29, 1.82) is 0 Å². The number of ether oxygens (including phenoxy) is 2. The molecule has 2 aromatic rings. The van der Waals surface area contributed by atoms with Gasteiger partial charge in [0.15, 0.2) is 11.5 Å². The summed E-state index contributed by atoms with van der Waals surface area (Å²) in [5.74, 6) is 0.454. The van der Waals surface area contributed by atoms with E-state index in [0.717, 1.165) is 5.56 Å². The SMILES string of the molecule is COc1cc(C=NNC(=O)CNc2ccc(F)cc2)cc(Br)c1OC. The first-order valence-corrected chi connectivity index (χ1v) is 8.05. The second-order valence-electron chi connectivity index (χ2n) is 4.89. The number of amides is 1. The number of hydrogen-bond donors (Lipinski definition) is 2. The Labute approximate surface area is 153 Å². The van der Waals surface area contributed by atoms with Gasteiger partial charge < -0.3 is 14.8 Å². The van der Waals surface area contributed by atoms with Gasteiger partial charge in [-0.05, 0) is 57.9 Å². The molecular formula is C17H17BrFN3O3. The Balaban J connectivity index is 1.90. The minimum atomic E-state index is -0.333. The molecule has 0 aliphatic carbocycles. The maximum absolute atomic E-state index is 12.8. The van der Waals surface area contributed by atoms with Crippen LogP contribution in [0.5, 0.6) is 11.5 Å². The van der Waals surface area contributed by atoms with E-state index in [1.807, 2.05) is 0 Å². The molecule has 2 N–H and O–H groups in total. The van der Waals surface area contributed by atoms with Crippen molar-refractivity contribution in [3.05, 3.63) is 52.3 Å². The van der Waals surface area contributed by atoms with E-state index >= 15 is 0 Å². The number of hydrogen-bond acceptors (Lipinski definition) is 5. The smallest absolute Gasteiger partial charge is 0.259 e. The van der Waals surface area contributed by atoms with E-state index in [4.69, 9.17) is 9.47 Å². The summed E-state index contributed by atoms with van der Waals surface area (Å²) >= 11 is 3.38. The standard InChI is InChI=1S/C17H17BrFN3O3/c1-24-15-8-11(7-14(18)17(15)25-2)9-21-22-16(23)10-20-13-5-3-12(19)4-6-13/h3-9,20H,10H2,1-2H3,(H,22,23). The van der Waals surface area contributed by atoms with Crippen molar-refractivity contribution in [1.82, 2.24) is 5.43 Å². The number of nitrogens with zero attached hydrogens (tertiary/aromatic N) is 1. The van der Waals surface area contributed by atoms with E-state index in [1.165, 1.54) is 25.5 Å². The summed E-state index contributed by atoms with van der Waals surface area (Å²) < 4.78 is 24.0. The van der Waals surface area contributed by atoms with Gasteiger partial charge in [0.25, 0.3) is 5.91 Å². The average molecular weight is 410 g/mol. The fraction of sp³-hybridized carbons (Fsp3) is 0.176. The third-order valence-electron chi connectivity index (χ3n) is 3.16. The first kappa shape index (κ1) is 18.7. The van der Waals surface area contributed by atoms with E-state index in [1.54, 1.807) is 31.4 Å². The van der Waals surface area contributed by atoms with Crippen molar-refractivity contribution in [3.8, 4) is 11.5 Å². The molecule has 2 rings (SSSR count). The zero-order valence-electron chi connectivity index (χ0n) is 13.7. The predicted molar refractivity (Wildman–Crippen MR) is 97.9 cm³/mol. The lowest BCUT2D eigenvalue weighted by Crippen LogP contribution is -2.25. The molecular weight excluding hydrogens is 393 g/mol. The second kappa shape index (κ2) is 9.03. The molecule has 0 aliphatic rings. The van der Waals surface area contributed by atoms with E-state index in [2.05, 4.69) is 31.8 Å². The van der Waals surface area contributed by atoms with Crippen LogP contribution >= 0.6 is 15.9 Å². The van der Waals surface area contributed by atoms with Crippen LogP contribution in [-0.2, 0) is 4.79 Å². The molecule has 25 heavy (non-hydrogen) atoms. The quantitative estimate of drug-likeness (QED) is 0.544. The number of carbonyl (C=O) groups is 1. The van der Waals surface area contributed by atoms with Gasteiger partial charge in [-0.1, -0.05) is 0 Å². The molecule has 2 aromatic carbocycles. The monoisotopic (exact) mass is 409 g/mol. The summed E-state index contributed by atoms with van der Waals surface area (Å²) in [7, 11) is 3.08. The molecule has 0 fully saturated rings. The Bertz CT molecular complexity index is 766. The summed E-state index contributed by atoms with van der Waals surface area (Å²) in [6.45, 7) is 0.0125. The van der Waals surface area contributed by atoms with Crippen LogP contribution in [0.3, 0.4) is 0 Å². The van der Waals surface area contributed by atoms with Crippen LogP contribution in [0, 0.1) is 5.82 Å².